The Morgan fingerprint density at radius 1 is 1.15 bits per heavy atom. The lowest BCUT2D eigenvalue weighted by molar-refractivity contribution is -0.991. The highest BCUT2D eigenvalue weighted by atomic mass is 79.9. The Hall–Kier alpha value is -2.26. The molecule has 0 saturated carbocycles. The van der Waals surface area contributed by atoms with E-state index in [0.29, 0.717) is 31.5 Å². The summed E-state index contributed by atoms with van der Waals surface area (Å²) in [6.07, 6.45) is 1.19. The van der Waals surface area contributed by atoms with Crippen LogP contribution in [0.25, 0.3) is 0 Å². The number of quaternary nitrogens is 1. The first kappa shape index (κ1) is 19.5. The molecular weight excluding hydrogens is 414 g/mol. The summed E-state index contributed by atoms with van der Waals surface area (Å²) in [5, 5.41) is 21.7. The molecule has 3 rings (SSSR count). The van der Waals surface area contributed by atoms with Crippen LogP contribution in [0.3, 0.4) is 0 Å². The number of rotatable bonds is 4. The lowest BCUT2D eigenvalue weighted by atomic mass is 9.95. The fraction of sp³-hybridized carbons (Fsp3) is 0.263. The molecular formula is C19H20BrN3O4. The Balaban J connectivity index is 1.54. The molecule has 0 radical (unpaired) electrons. The molecule has 0 bridgehead atoms. The van der Waals surface area contributed by atoms with Crippen LogP contribution in [0.15, 0.2) is 53.0 Å². The molecule has 0 aromatic heterocycles. The maximum Gasteiger partial charge on any atom is 0.253 e. The normalized spacial score (nSPS) is 16.0. The van der Waals surface area contributed by atoms with Crippen molar-refractivity contribution in [3.05, 3.63) is 63.8 Å². The molecule has 2 amide bonds. The van der Waals surface area contributed by atoms with Crippen LogP contribution in [-0.2, 0) is 4.79 Å². The Morgan fingerprint density at radius 2 is 1.81 bits per heavy atom. The highest BCUT2D eigenvalue weighted by Crippen LogP contribution is 2.22. The summed E-state index contributed by atoms with van der Waals surface area (Å²) in [7, 11) is 0. The number of carbonyl (C=O) groups excluding carboxylic acids is 2. The van der Waals surface area contributed by atoms with E-state index in [4.69, 9.17) is 5.21 Å². The lowest BCUT2D eigenvalue weighted by Gasteiger charge is -2.31. The van der Waals surface area contributed by atoms with Crippen molar-refractivity contribution >= 4 is 39.1 Å². The summed E-state index contributed by atoms with van der Waals surface area (Å²) in [6, 6.07) is 13.3. The predicted molar refractivity (Wildman–Crippen MR) is 104 cm³/mol. The number of likely N-dealkylation sites (tertiary alicyclic amines) is 1. The molecule has 1 heterocycles. The van der Waals surface area contributed by atoms with Gasteiger partial charge >= 0.3 is 0 Å². The molecule has 1 fully saturated rings. The van der Waals surface area contributed by atoms with Gasteiger partial charge in [-0.3, -0.25) is 9.59 Å². The minimum atomic E-state index is -1.02. The third kappa shape index (κ3) is 4.92. The first-order valence-corrected chi connectivity index (χ1v) is 9.42. The van der Waals surface area contributed by atoms with Crippen molar-refractivity contribution in [3.8, 4) is 0 Å². The molecule has 3 N–H and O–H groups in total. The van der Waals surface area contributed by atoms with Crippen LogP contribution in [0.1, 0.15) is 23.2 Å². The monoisotopic (exact) mass is 433 g/mol. The van der Waals surface area contributed by atoms with Crippen molar-refractivity contribution in [2.45, 2.75) is 12.8 Å². The number of nitrogens with one attached hydrogen (secondary N) is 2. The zero-order valence-corrected chi connectivity index (χ0v) is 16.1. The molecule has 0 spiro atoms. The van der Waals surface area contributed by atoms with Crippen LogP contribution in [0.5, 0.6) is 0 Å². The number of benzene rings is 2. The fourth-order valence-electron chi connectivity index (χ4n) is 3.09. The summed E-state index contributed by atoms with van der Waals surface area (Å²) in [4.78, 5) is 26.7. The number of hydrogen-bond acceptors (Lipinski definition) is 4. The third-order valence-electron chi connectivity index (χ3n) is 4.62. The molecule has 1 saturated heterocycles. The van der Waals surface area contributed by atoms with Crippen molar-refractivity contribution in [2.75, 3.05) is 18.4 Å². The first-order chi connectivity index (χ1) is 12.9. The molecule has 1 unspecified atom stereocenters. The van der Waals surface area contributed by atoms with Crippen molar-refractivity contribution in [2.24, 2.45) is 5.92 Å². The van der Waals surface area contributed by atoms with Crippen LogP contribution < -0.4 is 10.5 Å². The van der Waals surface area contributed by atoms with Crippen molar-refractivity contribution in [1.82, 2.24) is 4.90 Å². The maximum absolute atomic E-state index is 12.6. The Labute approximate surface area is 165 Å². The molecule has 7 nitrogen and oxygen atoms in total. The summed E-state index contributed by atoms with van der Waals surface area (Å²) < 4.78 is 0.898. The number of anilines is 1. The van der Waals surface area contributed by atoms with Crippen molar-refractivity contribution in [1.29, 1.82) is 0 Å². The van der Waals surface area contributed by atoms with Gasteiger partial charge < -0.3 is 15.4 Å². The van der Waals surface area contributed by atoms with Crippen molar-refractivity contribution < 1.29 is 20.0 Å². The number of hydrogen-bond donors (Lipinski definition) is 3. The quantitative estimate of drug-likeness (QED) is 0.644. The Morgan fingerprint density at radius 3 is 2.41 bits per heavy atom. The number of carbonyl (C=O) groups is 2. The summed E-state index contributed by atoms with van der Waals surface area (Å²) in [5.41, 5.74) is 1.35. The molecule has 0 aliphatic carbocycles. The largest absolute Gasteiger partial charge is 0.595 e. The van der Waals surface area contributed by atoms with E-state index in [1.54, 1.807) is 4.90 Å². The van der Waals surface area contributed by atoms with E-state index < -0.39 is 5.23 Å². The fourth-order valence-corrected chi connectivity index (χ4v) is 3.49. The first-order valence-electron chi connectivity index (χ1n) is 8.63. The van der Waals surface area contributed by atoms with Crippen LogP contribution >= 0.6 is 15.9 Å². The Bertz CT molecular complexity index is 818. The van der Waals surface area contributed by atoms with E-state index in [-0.39, 0.29) is 23.4 Å². The SMILES string of the molecule is O=C(Nc1cccc(Br)c1)C1CCN(C(=O)c2ccc([NH+]([O-])O)cc2)CC1. The minimum Gasteiger partial charge on any atom is -0.595 e. The minimum absolute atomic E-state index is 0.0361. The van der Waals surface area contributed by atoms with E-state index in [2.05, 4.69) is 21.2 Å². The van der Waals surface area contributed by atoms with Gasteiger partial charge in [-0.2, -0.15) is 5.23 Å². The Kier molecular flexibility index (Phi) is 6.22. The molecule has 1 aliphatic rings. The average Bonchev–Trinajstić information content (AvgIpc) is 2.67. The van der Waals surface area contributed by atoms with Gasteiger partial charge in [0.25, 0.3) is 5.91 Å². The molecule has 27 heavy (non-hydrogen) atoms. The van der Waals surface area contributed by atoms with Gasteiger partial charge in [0.2, 0.25) is 5.91 Å². The van der Waals surface area contributed by atoms with Crippen LogP contribution in [0.2, 0.25) is 0 Å². The zero-order chi connectivity index (χ0) is 19.4. The number of halogens is 1. The second-order valence-electron chi connectivity index (χ2n) is 6.45. The molecule has 1 aliphatic heterocycles. The van der Waals surface area contributed by atoms with Gasteiger partial charge in [0.05, 0.1) is 0 Å². The van der Waals surface area contributed by atoms with E-state index in [9.17, 15) is 14.8 Å². The summed E-state index contributed by atoms with van der Waals surface area (Å²) >= 11 is 3.38. The van der Waals surface area contributed by atoms with Gasteiger partial charge in [-0.1, -0.05) is 22.0 Å². The van der Waals surface area contributed by atoms with Gasteiger partial charge in [-0.25, -0.2) is 5.21 Å². The average molecular weight is 434 g/mol. The van der Waals surface area contributed by atoms with E-state index in [1.165, 1.54) is 24.3 Å². The number of nitrogens with zero attached hydrogens (tertiary/aromatic N) is 1. The standard InChI is InChI=1S/C19H20BrN3O4/c20-15-2-1-3-16(12-15)21-18(24)13-8-10-22(11-9-13)19(25)14-4-6-17(7-5-14)23(26)27/h1-7,12-13,23,26H,8-11H2,(H,21,24). The maximum atomic E-state index is 12.6. The lowest BCUT2D eigenvalue weighted by Crippen LogP contribution is -2.99. The molecule has 1 atom stereocenters. The van der Waals surface area contributed by atoms with E-state index in [0.717, 1.165) is 10.2 Å². The smallest absolute Gasteiger partial charge is 0.253 e. The van der Waals surface area contributed by atoms with Gasteiger partial charge in [-0.15, -0.1) is 0 Å². The second-order valence-corrected chi connectivity index (χ2v) is 7.36. The molecule has 2 aromatic rings. The summed E-state index contributed by atoms with van der Waals surface area (Å²) in [5.74, 6) is -0.314. The van der Waals surface area contributed by atoms with E-state index >= 15 is 0 Å². The predicted octanol–water partition coefficient (Wildman–Crippen LogP) is 2.34. The second kappa shape index (κ2) is 8.62. The zero-order valence-electron chi connectivity index (χ0n) is 14.5. The van der Waals surface area contributed by atoms with Gasteiger partial charge in [0, 0.05) is 46.9 Å². The third-order valence-corrected chi connectivity index (χ3v) is 5.12. The molecule has 142 valence electrons. The number of amides is 2. The molecule has 2 aromatic carbocycles. The van der Waals surface area contributed by atoms with Gasteiger partial charge in [0.1, 0.15) is 0 Å². The van der Waals surface area contributed by atoms with Gasteiger partial charge in [-0.05, 0) is 43.2 Å². The highest BCUT2D eigenvalue weighted by Gasteiger charge is 2.28. The molecule has 8 heteroatoms. The highest BCUT2D eigenvalue weighted by molar-refractivity contribution is 9.10. The number of piperidine rings is 1. The van der Waals surface area contributed by atoms with Crippen LogP contribution in [0, 0.1) is 11.1 Å². The summed E-state index contributed by atoms with van der Waals surface area (Å²) in [6.45, 7) is 0.992. The van der Waals surface area contributed by atoms with Crippen molar-refractivity contribution in [3.63, 3.8) is 0 Å². The topological polar surface area (TPSA) is 97.1 Å². The van der Waals surface area contributed by atoms with Crippen LogP contribution in [0.4, 0.5) is 11.4 Å². The van der Waals surface area contributed by atoms with Gasteiger partial charge in [0.15, 0.2) is 5.69 Å². The van der Waals surface area contributed by atoms with E-state index in [1.807, 2.05) is 24.3 Å². The van der Waals surface area contributed by atoms with Crippen LogP contribution in [-0.4, -0.2) is 35.0 Å².